The Morgan fingerprint density at radius 3 is 2.81 bits per heavy atom. The number of hydrogen-bond acceptors (Lipinski definition) is 5. The van der Waals surface area contributed by atoms with Gasteiger partial charge in [-0.2, -0.15) is 0 Å². The van der Waals surface area contributed by atoms with Crippen LogP contribution in [0.5, 0.6) is 0 Å². The summed E-state index contributed by atoms with van der Waals surface area (Å²) in [6, 6.07) is 8.22. The van der Waals surface area contributed by atoms with Crippen LogP contribution in [0.15, 0.2) is 24.3 Å². The van der Waals surface area contributed by atoms with Crippen molar-refractivity contribution >= 4 is 17.5 Å². The first kappa shape index (κ1) is 17.0. The molecule has 1 saturated carbocycles. The lowest BCUT2D eigenvalue weighted by Crippen LogP contribution is -2.62. The summed E-state index contributed by atoms with van der Waals surface area (Å²) in [5.41, 5.74) is 4.57. The van der Waals surface area contributed by atoms with Crippen LogP contribution < -0.4 is 15.7 Å². The van der Waals surface area contributed by atoms with Crippen LogP contribution in [-0.4, -0.2) is 60.2 Å². The van der Waals surface area contributed by atoms with Crippen molar-refractivity contribution in [1.29, 1.82) is 0 Å². The lowest BCUT2D eigenvalue weighted by atomic mass is 9.81. The number of para-hydroxylation sites is 1. The van der Waals surface area contributed by atoms with Gasteiger partial charge in [-0.1, -0.05) is 18.2 Å². The third-order valence-electron chi connectivity index (χ3n) is 6.97. The number of carbonyl (C=O) groups is 2. The van der Waals surface area contributed by atoms with E-state index in [-0.39, 0.29) is 11.3 Å². The molecule has 3 heterocycles. The van der Waals surface area contributed by atoms with Crippen molar-refractivity contribution in [3.05, 3.63) is 29.8 Å². The predicted molar refractivity (Wildman–Crippen MR) is 99.4 cm³/mol. The van der Waals surface area contributed by atoms with E-state index in [9.17, 15) is 9.59 Å². The van der Waals surface area contributed by atoms with Gasteiger partial charge in [-0.3, -0.25) is 14.8 Å². The van der Waals surface area contributed by atoms with E-state index in [2.05, 4.69) is 34.5 Å². The normalized spacial score (nSPS) is 30.6. The Morgan fingerprint density at radius 2 is 2.04 bits per heavy atom. The van der Waals surface area contributed by atoms with E-state index in [1.807, 2.05) is 4.90 Å². The molecule has 1 aromatic rings. The number of hydrogen-bond donors (Lipinski definition) is 3. The molecule has 2 amide bonds. The fraction of sp³-hybridized carbons (Fsp3) is 0.600. The molecule has 0 unspecified atom stereocenters. The van der Waals surface area contributed by atoms with Gasteiger partial charge in [0.15, 0.2) is 0 Å². The van der Waals surface area contributed by atoms with Gasteiger partial charge in [-0.05, 0) is 42.7 Å². The maximum atomic E-state index is 13.3. The van der Waals surface area contributed by atoms with Crippen molar-refractivity contribution < 1.29 is 14.8 Å². The Labute approximate surface area is 158 Å². The van der Waals surface area contributed by atoms with Gasteiger partial charge in [0.05, 0.1) is 18.0 Å². The number of nitrogens with one attached hydrogen (secondary N) is 2. The van der Waals surface area contributed by atoms with E-state index in [0.717, 1.165) is 32.4 Å². The van der Waals surface area contributed by atoms with Gasteiger partial charge < -0.3 is 15.1 Å². The maximum Gasteiger partial charge on any atom is 0.248 e. The molecule has 2 saturated heterocycles. The fourth-order valence-corrected chi connectivity index (χ4v) is 5.23. The summed E-state index contributed by atoms with van der Waals surface area (Å²) in [5.74, 6) is -0.953. The van der Waals surface area contributed by atoms with Gasteiger partial charge in [0.2, 0.25) is 11.8 Å². The van der Waals surface area contributed by atoms with Crippen LogP contribution in [0.25, 0.3) is 0 Å². The van der Waals surface area contributed by atoms with Crippen molar-refractivity contribution in [2.45, 2.75) is 37.8 Å². The maximum absolute atomic E-state index is 13.3. The van der Waals surface area contributed by atoms with E-state index < -0.39 is 17.9 Å². The van der Waals surface area contributed by atoms with Gasteiger partial charge in [0.25, 0.3) is 0 Å². The molecule has 3 fully saturated rings. The van der Waals surface area contributed by atoms with Gasteiger partial charge in [-0.15, -0.1) is 0 Å². The van der Waals surface area contributed by atoms with Gasteiger partial charge >= 0.3 is 0 Å². The molecular weight excluding hydrogens is 344 g/mol. The molecule has 7 nitrogen and oxygen atoms in total. The quantitative estimate of drug-likeness (QED) is 0.522. The number of benzene rings is 1. The molecule has 0 radical (unpaired) electrons. The van der Waals surface area contributed by atoms with Crippen LogP contribution in [0.2, 0.25) is 0 Å². The summed E-state index contributed by atoms with van der Waals surface area (Å²) >= 11 is 0. The van der Waals surface area contributed by atoms with E-state index >= 15 is 0 Å². The Bertz CT molecular complexity index is 778. The van der Waals surface area contributed by atoms with E-state index in [1.165, 1.54) is 11.3 Å². The van der Waals surface area contributed by atoms with Crippen LogP contribution in [-0.2, 0) is 16.0 Å². The Morgan fingerprint density at radius 1 is 1.22 bits per heavy atom. The van der Waals surface area contributed by atoms with Crippen LogP contribution in [0.3, 0.4) is 0 Å². The zero-order chi connectivity index (χ0) is 18.6. The van der Waals surface area contributed by atoms with Crippen molar-refractivity contribution in [3.8, 4) is 0 Å². The predicted octanol–water partition coefficient (Wildman–Crippen LogP) is 0.524. The number of piperidine rings is 1. The highest BCUT2D eigenvalue weighted by Gasteiger charge is 2.53. The molecule has 4 aliphatic rings. The number of anilines is 1. The Balaban J connectivity index is 1.30. The van der Waals surface area contributed by atoms with Crippen molar-refractivity contribution in [3.63, 3.8) is 0 Å². The number of fused-ring (bicyclic) bond motifs is 3. The molecule has 1 aromatic carbocycles. The smallest absolute Gasteiger partial charge is 0.248 e. The summed E-state index contributed by atoms with van der Waals surface area (Å²) in [7, 11) is 0. The number of nitrogens with zero attached hydrogens (tertiary/aromatic N) is 2. The minimum atomic E-state index is -0.543. The van der Waals surface area contributed by atoms with E-state index in [0.29, 0.717) is 25.6 Å². The number of carbonyl (C=O) groups excluding carboxylic acids is 2. The topological polar surface area (TPSA) is 84.9 Å². The Kier molecular flexibility index (Phi) is 3.91. The molecule has 7 heteroatoms. The van der Waals surface area contributed by atoms with E-state index in [4.69, 9.17) is 5.21 Å². The summed E-state index contributed by atoms with van der Waals surface area (Å²) in [6.07, 6.45) is 3.82. The average Bonchev–Trinajstić information content (AvgIpc) is 3.35. The molecule has 1 spiro atoms. The molecule has 1 aliphatic carbocycles. The highest BCUT2D eigenvalue weighted by Crippen LogP contribution is 2.52. The first-order chi connectivity index (χ1) is 13.1. The number of piperazine rings is 1. The monoisotopic (exact) mass is 370 g/mol. The highest BCUT2D eigenvalue weighted by molar-refractivity contribution is 5.90. The molecular formula is C20H26N4O3. The second kappa shape index (κ2) is 6.21. The second-order valence-corrected chi connectivity index (χ2v) is 8.61. The van der Waals surface area contributed by atoms with Crippen molar-refractivity contribution in [1.82, 2.24) is 15.7 Å². The summed E-state index contributed by atoms with van der Waals surface area (Å²) < 4.78 is 0. The molecule has 3 aliphatic heterocycles. The van der Waals surface area contributed by atoms with Gasteiger partial charge in [0.1, 0.15) is 0 Å². The minimum absolute atomic E-state index is 0.00490. The zero-order valence-corrected chi connectivity index (χ0v) is 15.4. The molecule has 3 atom stereocenters. The van der Waals surface area contributed by atoms with Crippen molar-refractivity contribution in [2.24, 2.45) is 11.3 Å². The van der Waals surface area contributed by atoms with Crippen LogP contribution in [0.1, 0.15) is 24.8 Å². The van der Waals surface area contributed by atoms with Crippen LogP contribution >= 0.6 is 0 Å². The SMILES string of the molecule is O=C(NO)[C@H]1CC2(CC2)CN[C@@H]1C(=O)N1CCN2c3ccccc3C[C@H]2C1. The summed E-state index contributed by atoms with van der Waals surface area (Å²) in [5, 5.41) is 12.5. The standard InChI is InChI=1S/C20H26N4O3/c25-18(22-27)15-10-20(5-6-20)12-21-17(15)19(26)23-7-8-24-14(11-23)9-13-3-1-2-4-16(13)24/h1-4,14-15,17,21,27H,5-12H2,(H,22,25)/t14-,15-,17-/m0/s1. The average molecular weight is 370 g/mol. The van der Waals surface area contributed by atoms with Crippen LogP contribution in [0.4, 0.5) is 5.69 Å². The molecule has 3 N–H and O–H groups in total. The lowest BCUT2D eigenvalue weighted by molar-refractivity contribution is -0.145. The molecule has 0 aromatic heterocycles. The zero-order valence-electron chi connectivity index (χ0n) is 15.4. The van der Waals surface area contributed by atoms with Gasteiger partial charge in [0, 0.05) is 31.9 Å². The summed E-state index contributed by atoms with van der Waals surface area (Å²) in [6.45, 7) is 2.96. The van der Waals surface area contributed by atoms with Crippen LogP contribution in [0, 0.1) is 11.3 Å². The largest absolute Gasteiger partial charge is 0.364 e. The fourth-order valence-electron chi connectivity index (χ4n) is 5.23. The molecule has 0 bridgehead atoms. The second-order valence-electron chi connectivity index (χ2n) is 8.61. The minimum Gasteiger partial charge on any atom is -0.364 e. The Hall–Kier alpha value is -2.12. The number of rotatable bonds is 2. The lowest BCUT2D eigenvalue weighted by Gasteiger charge is -2.43. The van der Waals surface area contributed by atoms with Crippen molar-refractivity contribution in [2.75, 3.05) is 31.1 Å². The summed E-state index contributed by atoms with van der Waals surface area (Å²) in [4.78, 5) is 29.8. The first-order valence-corrected chi connectivity index (χ1v) is 9.91. The highest BCUT2D eigenvalue weighted by atomic mass is 16.5. The number of amides is 2. The molecule has 5 rings (SSSR count). The van der Waals surface area contributed by atoms with Gasteiger partial charge in [-0.25, -0.2) is 5.48 Å². The molecule has 27 heavy (non-hydrogen) atoms. The van der Waals surface area contributed by atoms with E-state index in [1.54, 1.807) is 5.48 Å². The first-order valence-electron chi connectivity index (χ1n) is 9.91. The number of hydroxylamine groups is 1. The third kappa shape index (κ3) is 2.80. The third-order valence-corrected chi connectivity index (χ3v) is 6.97. The molecule has 144 valence electrons.